The fraction of sp³-hybridized carbons (Fsp3) is 0.364. The Labute approximate surface area is 104 Å². The number of amides is 1. The van der Waals surface area contributed by atoms with E-state index >= 15 is 0 Å². The highest BCUT2D eigenvalue weighted by Crippen LogP contribution is 2.36. The standard InChI is InChI=1S/C11H8F5NO2/c12-10(13)5-19-9(18)17-8(10)6-1-3-7(4-2-6)11(14,15)16/h1-4,8H,5H2,(H,17,18)/t8-/m1/s1. The molecule has 19 heavy (non-hydrogen) atoms. The molecule has 0 bridgehead atoms. The number of hydrogen-bond acceptors (Lipinski definition) is 2. The lowest BCUT2D eigenvalue weighted by Gasteiger charge is -2.31. The largest absolute Gasteiger partial charge is 0.443 e. The van der Waals surface area contributed by atoms with Crippen molar-refractivity contribution in [3.8, 4) is 0 Å². The summed E-state index contributed by atoms with van der Waals surface area (Å²) >= 11 is 0. The molecule has 0 aliphatic carbocycles. The van der Waals surface area contributed by atoms with Crippen LogP contribution in [0.1, 0.15) is 17.2 Å². The molecule has 1 aromatic carbocycles. The number of hydrogen-bond donors (Lipinski definition) is 1. The average molecular weight is 281 g/mol. The maximum Gasteiger partial charge on any atom is 0.416 e. The molecule has 0 saturated carbocycles. The van der Waals surface area contributed by atoms with E-state index in [1.165, 1.54) is 0 Å². The minimum Gasteiger partial charge on any atom is -0.443 e. The second-order valence-corrected chi connectivity index (χ2v) is 4.03. The Morgan fingerprint density at radius 3 is 2.32 bits per heavy atom. The first-order valence-electron chi connectivity index (χ1n) is 5.18. The Morgan fingerprint density at radius 1 is 1.21 bits per heavy atom. The molecule has 1 aliphatic rings. The summed E-state index contributed by atoms with van der Waals surface area (Å²) < 4.78 is 68.2. The van der Waals surface area contributed by atoms with E-state index in [2.05, 4.69) is 4.74 Å². The summed E-state index contributed by atoms with van der Waals surface area (Å²) in [5.41, 5.74) is -1.06. The van der Waals surface area contributed by atoms with Crippen LogP contribution >= 0.6 is 0 Å². The fourth-order valence-electron chi connectivity index (χ4n) is 1.70. The number of rotatable bonds is 1. The van der Waals surface area contributed by atoms with Gasteiger partial charge in [0.1, 0.15) is 6.04 Å². The van der Waals surface area contributed by atoms with E-state index in [1.807, 2.05) is 5.32 Å². The van der Waals surface area contributed by atoms with E-state index in [1.54, 1.807) is 0 Å². The summed E-state index contributed by atoms with van der Waals surface area (Å²) in [6.07, 6.45) is -5.57. The Bertz CT molecular complexity index is 483. The van der Waals surface area contributed by atoms with Crippen LogP contribution in [0.2, 0.25) is 0 Å². The van der Waals surface area contributed by atoms with Crippen molar-refractivity contribution >= 4 is 6.09 Å². The van der Waals surface area contributed by atoms with Gasteiger partial charge >= 0.3 is 18.2 Å². The molecule has 1 fully saturated rings. The zero-order chi connectivity index (χ0) is 14.3. The van der Waals surface area contributed by atoms with Gasteiger partial charge in [-0.05, 0) is 17.7 Å². The van der Waals surface area contributed by atoms with E-state index in [0.717, 1.165) is 12.1 Å². The third kappa shape index (κ3) is 2.77. The van der Waals surface area contributed by atoms with Crippen molar-refractivity contribution in [3.63, 3.8) is 0 Å². The van der Waals surface area contributed by atoms with Crippen molar-refractivity contribution < 1.29 is 31.5 Å². The van der Waals surface area contributed by atoms with Crippen LogP contribution in [0.25, 0.3) is 0 Å². The lowest BCUT2D eigenvalue weighted by Crippen LogP contribution is -2.49. The number of halogens is 5. The molecule has 2 rings (SSSR count). The predicted molar refractivity (Wildman–Crippen MR) is 53.6 cm³/mol. The van der Waals surface area contributed by atoms with Crippen LogP contribution in [0.4, 0.5) is 26.7 Å². The van der Waals surface area contributed by atoms with Crippen LogP contribution in [0.3, 0.4) is 0 Å². The highest BCUT2D eigenvalue weighted by atomic mass is 19.4. The van der Waals surface area contributed by atoms with Gasteiger partial charge in [0.25, 0.3) is 0 Å². The van der Waals surface area contributed by atoms with Crippen LogP contribution in [0.5, 0.6) is 0 Å². The van der Waals surface area contributed by atoms with Crippen LogP contribution in [0, 0.1) is 0 Å². The van der Waals surface area contributed by atoms with Crippen molar-refractivity contribution in [1.82, 2.24) is 5.32 Å². The van der Waals surface area contributed by atoms with Crippen molar-refractivity contribution in [1.29, 1.82) is 0 Å². The molecule has 8 heteroatoms. The molecule has 0 unspecified atom stereocenters. The third-order valence-corrected chi connectivity index (χ3v) is 2.65. The Balaban J connectivity index is 2.28. The van der Waals surface area contributed by atoms with Crippen LogP contribution in [-0.2, 0) is 10.9 Å². The van der Waals surface area contributed by atoms with Gasteiger partial charge in [-0.1, -0.05) is 12.1 Å². The number of cyclic esters (lactones) is 1. The smallest absolute Gasteiger partial charge is 0.416 e. The molecule has 0 radical (unpaired) electrons. The highest BCUT2D eigenvalue weighted by molar-refractivity contribution is 5.69. The van der Waals surface area contributed by atoms with Gasteiger partial charge in [0, 0.05) is 0 Å². The Kier molecular flexibility index (Phi) is 3.11. The molecule has 1 N–H and O–H groups in total. The van der Waals surface area contributed by atoms with Gasteiger partial charge < -0.3 is 10.1 Å². The summed E-state index contributed by atoms with van der Waals surface area (Å²) in [5, 5.41) is 1.89. The number of ether oxygens (including phenoxy) is 1. The zero-order valence-corrected chi connectivity index (χ0v) is 9.30. The van der Waals surface area contributed by atoms with Gasteiger partial charge in [-0.3, -0.25) is 0 Å². The summed E-state index contributed by atoms with van der Waals surface area (Å²) in [6.45, 7) is -1.11. The molecule has 1 heterocycles. The third-order valence-electron chi connectivity index (χ3n) is 2.65. The van der Waals surface area contributed by atoms with Gasteiger partial charge in [-0.2, -0.15) is 13.2 Å². The first-order chi connectivity index (χ1) is 8.70. The number of carbonyl (C=O) groups is 1. The molecule has 0 spiro atoms. The highest BCUT2D eigenvalue weighted by Gasteiger charge is 2.46. The van der Waals surface area contributed by atoms with Crippen LogP contribution in [-0.4, -0.2) is 18.6 Å². The first-order valence-corrected chi connectivity index (χ1v) is 5.18. The number of alkyl carbamates (subject to hydrolysis) is 1. The number of carbonyl (C=O) groups excluding carboxylic acids is 1. The molecular formula is C11H8F5NO2. The minimum absolute atomic E-state index is 0.116. The maximum absolute atomic E-state index is 13.5. The lowest BCUT2D eigenvalue weighted by atomic mass is 9.99. The monoisotopic (exact) mass is 281 g/mol. The summed E-state index contributed by atoms with van der Waals surface area (Å²) in [7, 11) is 0. The van der Waals surface area contributed by atoms with E-state index in [9.17, 15) is 26.7 Å². The van der Waals surface area contributed by atoms with E-state index in [4.69, 9.17) is 0 Å². The summed E-state index contributed by atoms with van der Waals surface area (Å²) in [4.78, 5) is 10.9. The predicted octanol–water partition coefficient (Wildman–Crippen LogP) is 3.12. The topological polar surface area (TPSA) is 38.3 Å². The van der Waals surface area contributed by atoms with Crippen molar-refractivity contribution in [2.24, 2.45) is 0 Å². The maximum atomic E-state index is 13.5. The van der Waals surface area contributed by atoms with E-state index in [0.29, 0.717) is 12.1 Å². The number of benzene rings is 1. The molecule has 1 amide bonds. The Hall–Kier alpha value is -1.86. The number of nitrogens with one attached hydrogen (secondary N) is 1. The normalized spacial score (nSPS) is 22.6. The van der Waals surface area contributed by atoms with Gasteiger partial charge in [0.05, 0.1) is 5.56 Å². The molecular weight excluding hydrogens is 273 g/mol. The summed E-state index contributed by atoms with van der Waals surface area (Å²) in [5.74, 6) is -3.38. The van der Waals surface area contributed by atoms with Gasteiger partial charge in [0.15, 0.2) is 6.61 Å². The molecule has 1 aromatic rings. The van der Waals surface area contributed by atoms with E-state index in [-0.39, 0.29) is 5.56 Å². The molecule has 104 valence electrons. The SMILES string of the molecule is O=C1N[C@H](c2ccc(C(F)(F)F)cc2)C(F)(F)CO1. The van der Waals surface area contributed by atoms with Crippen LogP contribution in [0.15, 0.2) is 24.3 Å². The molecule has 0 aromatic heterocycles. The average Bonchev–Trinajstić information content (AvgIpc) is 2.31. The second-order valence-electron chi connectivity index (χ2n) is 4.03. The molecule has 3 nitrogen and oxygen atoms in total. The van der Waals surface area contributed by atoms with Crippen molar-refractivity contribution in [2.75, 3.05) is 6.61 Å². The van der Waals surface area contributed by atoms with Gasteiger partial charge in [-0.15, -0.1) is 0 Å². The number of alkyl halides is 5. The first kappa shape index (κ1) is 13.6. The zero-order valence-electron chi connectivity index (χ0n) is 9.30. The molecule has 1 aliphatic heterocycles. The lowest BCUT2D eigenvalue weighted by molar-refractivity contribution is -0.137. The van der Waals surface area contributed by atoms with Crippen LogP contribution < -0.4 is 5.32 Å². The minimum atomic E-state index is -4.54. The fourth-order valence-corrected chi connectivity index (χ4v) is 1.70. The molecule has 1 atom stereocenters. The van der Waals surface area contributed by atoms with Gasteiger partial charge in [-0.25, -0.2) is 13.6 Å². The van der Waals surface area contributed by atoms with E-state index < -0.39 is 36.4 Å². The quantitative estimate of drug-likeness (QED) is 0.803. The second kappa shape index (κ2) is 4.36. The van der Waals surface area contributed by atoms with Crippen molar-refractivity contribution in [3.05, 3.63) is 35.4 Å². The van der Waals surface area contributed by atoms with Gasteiger partial charge in [0.2, 0.25) is 0 Å². The molecule has 1 saturated heterocycles. The summed E-state index contributed by atoms with van der Waals surface area (Å²) in [6, 6.07) is 1.50. The van der Waals surface area contributed by atoms with Crippen molar-refractivity contribution in [2.45, 2.75) is 18.1 Å². The Morgan fingerprint density at radius 2 is 1.79 bits per heavy atom.